The first-order chi connectivity index (χ1) is 40.0. The fourth-order valence-electron chi connectivity index (χ4n) is 13.5. The molecule has 2 aromatic carbocycles. The quantitative estimate of drug-likeness (QED) is 0.0459. The summed E-state index contributed by atoms with van der Waals surface area (Å²) in [6, 6.07) is 19.9. The minimum Gasteiger partial charge on any atom is -0.206 e. The van der Waals surface area contributed by atoms with Crippen molar-refractivity contribution in [1.29, 1.82) is 0 Å². The highest BCUT2D eigenvalue weighted by molar-refractivity contribution is 7.39. The Balaban J connectivity index is 0.946. The Labute approximate surface area is 521 Å². The number of halogens is 2. The van der Waals surface area contributed by atoms with Crippen molar-refractivity contribution < 1.29 is 8.78 Å². The van der Waals surface area contributed by atoms with Gasteiger partial charge in [-0.2, -0.15) is 17.5 Å². The molecule has 1 aliphatic rings. The lowest BCUT2D eigenvalue weighted by Crippen LogP contribution is -2.57. The van der Waals surface area contributed by atoms with E-state index in [1.807, 2.05) is 34.0 Å². The van der Waals surface area contributed by atoms with Gasteiger partial charge in [-0.15, -0.1) is 79.4 Å². The lowest BCUT2D eigenvalue weighted by atomic mass is 9.95. The van der Waals surface area contributed by atoms with Crippen LogP contribution in [0.5, 0.6) is 0 Å². The monoisotopic (exact) mass is 1280 g/mol. The van der Waals surface area contributed by atoms with E-state index in [1.54, 1.807) is 62.7 Å². The van der Waals surface area contributed by atoms with Crippen LogP contribution in [0.25, 0.3) is 102 Å². The predicted octanol–water partition coefficient (Wildman–Crippen LogP) is 24.0. The maximum Gasteiger partial charge on any atom is 0.134 e. The van der Waals surface area contributed by atoms with Crippen LogP contribution in [0.4, 0.5) is 8.78 Å². The fourth-order valence-corrected chi connectivity index (χ4v) is 32.5. The Kier molecular flexibility index (Phi) is 18.5. The second-order valence-electron chi connectivity index (χ2n) is 23.6. The second-order valence-corrected chi connectivity index (χ2v) is 36.4. The molecule has 0 radical (unpaired) electrons. The molecule has 0 saturated heterocycles. The van der Waals surface area contributed by atoms with E-state index in [9.17, 15) is 0 Å². The Morgan fingerprint density at radius 1 is 0.415 bits per heavy atom. The van der Waals surface area contributed by atoms with Crippen molar-refractivity contribution >= 4 is 172 Å². The maximum atomic E-state index is 17.5. The number of nitrogens with zero attached hydrogens (tertiary/aromatic N) is 4. The van der Waals surface area contributed by atoms with Crippen LogP contribution in [-0.4, -0.2) is 25.6 Å². The van der Waals surface area contributed by atoms with E-state index in [4.69, 9.17) is 17.5 Å². The van der Waals surface area contributed by atoms with E-state index in [0.29, 0.717) is 34.0 Å². The molecule has 1 aliphatic heterocycles. The van der Waals surface area contributed by atoms with E-state index in [1.165, 1.54) is 178 Å². The molecule has 12 rings (SSSR count). The third-order valence-corrected chi connectivity index (χ3v) is 33.7. The molecule has 0 spiro atoms. The van der Waals surface area contributed by atoms with Gasteiger partial charge >= 0.3 is 0 Å². The normalized spacial score (nSPS) is 16.0. The summed E-state index contributed by atoms with van der Waals surface area (Å²) in [4.78, 5) is 9.65. The van der Waals surface area contributed by atoms with Gasteiger partial charge in [-0.3, -0.25) is 0 Å². The molecular weight excluding hydrogens is 1200 g/mol. The molecule has 0 saturated carbocycles. The molecule has 0 amide bonds. The largest absolute Gasteiger partial charge is 0.206 e. The molecule has 4 nitrogen and oxygen atoms in total. The summed E-state index contributed by atoms with van der Waals surface area (Å²) in [6.45, 7) is 18.7. The van der Waals surface area contributed by atoms with Crippen LogP contribution in [0.1, 0.15) is 168 Å². The molecule has 432 valence electrons. The number of hydrogen-bond donors (Lipinski definition) is 0. The van der Waals surface area contributed by atoms with Gasteiger partial charge in [0.25, 0.3) is 0 Å². The van der Waals surface area contributed by atoms with E-state index in [-0.39, 0.29) is 11.6 Å². The number of unbranched alkanes of at least 4 members (excludes halogenated alkanes) is 4. The standard InChI is InChI=1S/C66H76F2N4S9Si/c1-9-17-21-37(13-5)25-41-27-49-51(73-41)31-47(75-49)43-29-45(67)57(61-59(43)69-80-71-61)53-33-55-63(77-53)66-65(79-55)64-56(82(66,35-39(15-7)23-19-11-3)36-40(16-8)24-20-12-4)34-54(78-64)58-46(68)30-44(60-62(58)72-81-70-60)48-32-52-50(76-48)28-42(74-52)26-38(14-6)22-18-10-2/h27-34,37-40H,9-26,35-36H2,1-8H3. The van der Waals surface area contributed by atoms with Crippen LogP contribution in [-0.2, 0) is 12.8 Å². The van der Waals surface area contributed by atoms with Crippen molar-refractivity contribution in [3.05, 3.63) is 69.9 Å². The molecule has 0 bridgehead atoms. The average Bonchev–Trinajstić information content (AvgIpc) is 2.52. The molecule has 0 aliphatic carbocycles. The van der Waals surface area contributed by atoms with Gasteiger partial charge in [0.05, 0.1) is 34.6 Å². The zero-order valence-electron chi connectivity index (χ0n) is 48.8. The minimum atomic E-state index is -2.60. The van der Waals surface area contributed by atoms with Crippen molar-refractivity contribution in [3.8, 4) is 51.5 Å². The summed E-state index contributed by atoms with van der Waals surface area (Å²) in [6.07, 6.45) is 21.8. The molecule has 0 fully saturated rings. The first kappa shape index (κ1) is 59.2. The van der Waals surface area contributed by atoms with Crippen LogP contribution < -0.4 is 10.4 Å². The van der Waals surface area contributed by atoms with Gasteiger partial charge in [-0.05, 0) is 108 Å². The molecule has 82 heavy (non-hydrogen) atoms. The van der Waals surface area contributed by atoms with Gasteiger partial charge in [-0.25, -0.2) is 8.78 Å². The summed E-state index contributed by atoms with van der Waals surface area (Å²) in [5, 5.41) is 3.07. The van der Waals surface area contributed by atoms with Crippen LogP contribution in [0.3, 0.4) is 0 Å². The Bertz CT molecular complexity index is 3920. The maximum absolute atomic E-state index is 17.5. The molecule has 0 N–H and O–H groups in total. The van der Waals surface area contributed by atoms with Crippen molar-refractivity contribution in [2.75, 3.05) is 0 Å². The summed E-state index contributed by atoms with van der Waals surface area (Å²) >= 11 is 15.2. The third kappa shape index (κ3) is 11.2. The average molecular weight is 1280 g/mol. The summed E-state index contributed by atoms with van der Waals surface area (Å²) in [7, 11) is -2.60. The number of fused-ring (bicyclic) bond motifs is 9. The molecule has 4 unspecified atom stereocenters. The van der Waals surface area contributed by atoms with Crippen LogP contribution in [0.15, 0.2) is 48.5 Å². The van der Waals surface area contributed by atoms with Gasteiger partial charge in [-0.1, -0.05) is 158 Å². The van der Waals surface area contributed by atoms with Gasteiger partial charge in [0.2, 0.25) is 0 Å². The molecular formula is C66H76F2N4S9Si. The van der Waals surface area contributed by atoms with E-state index < -0.39 is 8.07 Å². The number of hydrogen-bond acceptors (Lipinski definition) is 13. The van der Waals surface area contributed by atoms with Crippen molar-refractivity contribution in [2.45, 2.75) is 183 Å². The molecule has 10 heterocycles. The summed E-state index contributed by atoms with van der Waals surface area (Å²) in [5.74, 6) is 2.14. The van der Waals surface area contributed by atoms with Gasteiger partial charge < -0.3 is 0 Å². The number of thiophene rings is 7. The highest BCUT2D eigenvalue weighted by atomic mass is 32.1. The first-order valence-electron chi connectivity index (χ1n) is 30.7. The van der Waals surface area contributed by atoms with Gasteiger partial charge in [0.1, 0.15) is 41.8 Å². The highest BCUT2D eigenvalue weighted by Gasteiger charge is 2.51. The molecule has 11 aromatic rings. The lowest BCUT2D eigenvalue weighted by Gasteiger charge is -2.36. The number of aromatic nitrogens is 4. The minimum absolute atomic E-state index is 0.218. The fraction of sp³-hybridized carbons (Fsp3) is 0.485. The topological polar surface area (TPSA) is 51.6 Å². The number of rotatable bonds is 28. The Morgan fingerprint density at radius 2 is 0.841 bits per heavy atom. The summed E-state index contributed by atoms with van der Waals surface area (Å²) < 4.78 is 62.3. The van der Waals surface area contributed by atoms with E-state index in [2.05, 4.69) is 91.8 Å². The third-order valence-electron chi connectivity index (χ3n) is 18.2. The Hall–Kier alpha value is -3.16. The van der Waals surface area contributed by atoms with Gasteiger partial charge in [0.15, 0.2) is 0 Å². The Morgan fingerprint density at radius 3 is 1.29 bits per heavy atom. The molecule has 16 heteroatoms. The van der Waals surface area contributed by atoms with E-state index >= 15 is 8.78 Å². The zero-order valence-corrected chi connectivity index (χ0v) is 57.1. The smallest absolute Gasteiger partial charge is 0.134 e. The van der Waals surface area contributed by atoms with Crippen LogP contribution in [0, 0.1) is 35.3 Å². The van der Waals surface area contributed by atoms with Crippen molar-refractivity contribution in [3.63, 3.8) is 0 Å². The van der Waals surface area contributed by atoms with Gasteiger partial charge in [0, 0.05) is 78.3 Å². The predicted molar refractivity (Wildman–Crippen MR) is 368 cm³/mol. The SMILES string of the molecule is CCCCC(CC)Cc1cc2sc(-c3cc(F)c(-c4cc5c(s4)-c4sc6cc(-c7c(F)cc(-c8cc9sc(CC(CC)CCCC)cc9s8)c8nsnc78)sc6c4[Si]5(CC(CC)CCCC)CC(CC)CCCC)c4nsnc34)cc2s1. The second kappa shape index (κ2) is 25.7. The summed E-state index contributed by atoms with van der Waals surface area (Å²) in [5.41, 5.74) is 5.78. The zero-order chi connectivity index (χ0) is 56.8. The molecule has 9 aromatic heterocycles. The van der Waals surface area contributed by atoms with Crippen molar-refractivity contribution in [1.82, 2.24) is 17.5 Å². The first-order valence-corrected chi connectivity index (χ1v) is 40.3. The number of benzene rings is 2. The van der Waals surface area contributed by atoms with Crippen molar-refractivity contribution in [2.24, 2.45) is 23.7 Å². The highest BCUT2D eigenvalue weighted by Crippen LogP contribution is 2.54. The lowest BCUT2D eigenvalue weighted by molar-refractivity contribution is 0.452. The van der Waals surface area contributed by atoms with E-state index in [0.717, 1.165) is 79.2 Å². The van der Waals surface area contributed by atoms with Crippen LogP contribution in [0.2, 0.25) is 12.1 Å². The van der Waals surface area contributed by atoms with Crippen LogP contribution >= 0.6 is 103 Å². The molecule has 4 atom stereocenters.